The molecule has 0 spiro atoms. The second kappa shape index (κ2) is 5.31. The predicted molar refractivity (Wildman–Crippen MR) is 87.8 cm³/mol. The molecular weight excluding hydrogens is 280 g/mol. The van der Waals surface area contributed by atoms with Crippen LogP contribution in [0.3, 0.4) is 0 Å². The number of thiazole rings is 1. The predicted octanol–water partition coefficient (Wildman–Crippen LogP) is 2.53. The molecule has 1 atom stereocenters. The molecule has 1 fully saturated rings. The number of piperazine rings is 1. The Morgan fingerprint density at radius 3 is 2.81 bits per heavy atom. The fraction of sp³-hybridized carbons (Fsp3) is 0.438. The number of hydrogen-bond acceptors (Lipinski definition) is 5. The molecule has 1 saturated heterocycles. The first-order valence-corrected chi connectivity index (χ1v) is 8.46. The summed E-state index contributed by atoms with van der Waals surface area (Å²) in [6.45, 7) is 4.39. The van der Waals surface area contributed by atoms with Gasteiger partial charge in [-0.2, -0.15) is 0 Å². The normalized spacial score (nSPS) is 22.5. The molecule has 0 amide bonds. The number of aromatic nitrogens is 1. The lowest BCUT2D eigenvalue weighted by atomic mass is 10.1. The van der Waals surface area contributed by atoms with Crippen LogP contribution >= 0.6 is 11.3 Å². The Labute approximate surface area is 129 Å². The third kappa shape index (κ3) is 2.40. The molecule has 1 unspecified atom stereocenters. The number of nitrogen functional groups attached to an aromatic ring is 1. The molecule has 110 valence electrons. The Bertz CT molecular complexity index is 617. The highest BCUT2D eigenvalue weighted by atomic mass is 32.1. The minimum absolute atomic E-state index is 0.582. The van der Waals surface area contributed by atoms with Gasteiger partial charge in [-0.25, -0.2) is 4.98 Å². The number of aryl methyl sites for hydroxylation is 1. The minimum Gasteiger partial charge on any atom is -0.399 e. The second-order valence-electron chi connectivity index (χ2n) is 5.85. The summed E-state index contributed by atoms with van der Waals surface area (Å²) in [7, 11) is 0. The van der Waals surface area contributed by atoms with Crippen molar-refractivity contribution in [2.45, 2.75) is 18.9 Å². The average Bonchev–Trinajstić information content (AvgIpc) is 3.16. The van der Waals surface area contributed by atoms with Crippen molar-refractivity contribution >= 4 is 22.2 Å². The molecule has 1 aromatic carbocycles. The number of nitrogens with two attached hydrogens (primary N) is 1. The molecule has 0 bridgehead atoms. The van der Waals surface area contributed by atoms with Crippen molar-refractivity contribution < 1.29 is 0 Å². The Morgan fingerprint density at radius 2 is 2.05 bits per heavy atom. The van der Waals surface area contributed by atoms with Gasteiger partial charge in [0.25, 0.3) is 0 Å². The molecule has 2 N–H and O–H groups in total. The molecule has 0 saturated carbocycles. The molecule has 1 aromatic heterocycles. The first-order valence-electron chi connectivity index (χ1n) is 7.58. The first-order chi connectivity index (χ1) is 10.3. The molecule has 4 nitrogen and oxygen atoms in total. The molecular formula is C16H20N4S. The number of rotatable bonds is 2. The van der Waals surface area contributed by atoms with Crippen molar-refractivity contribution in [2.24, 2.45) is 0 Å². The summed E-state index contributed by atoms with van der Waals surface area (Å²) in [6.07, 6.45) is 4.29. The maximum Gasteiger partial charge on any atom is 0.185 e. The smallest absolute Gasteiger partial charge is 0.185 e. The van der Waals surface area contributed by atoms with Gasteiger partial charge in [-0.1, -0.05) is 6.07 Å². The maximum atomic E-state index is 5.90. The van der Waals surface area contributed by atoms with E-state index >= 15 is 0 Å². The van der Waals surface area contributed by atoms with Crippen LogP contribution in [0.15, 0.2) is 29.8 Å². The number of hydrogen-bond donors (Lipinski definition) is 1. The van der Waals surface area contributed by atoms with E-state index < -0.39 is 0 Å². The van der Waals surface area contributed by atoms with Gasteiger partial charge in [0.1, 0.15) is 0 Å². The molecule has 1 aliphatic heterocycles. The SMILES string of the molecule is Nc1ccc2c(c1)CCC2N1CCN(c2nccs2)CC1. The molecule has 21 heavy (non-hydrogen) atoms. The van der Waals surface area contributed by atoms with Gasteiger partial charge in [-0.05, 0) is 36.1 Å². The van der Waals surface area contributed by atoms with Gasteiger partial charge in [0.15, 0.2) is 5.13 Å². The minimum atomic E-state index is 0.582. The van der Waals surface area contributed by atoms with Crippen molar-refractivity contribution in [1.29, 1.82) is 0 Å². The van der Waals surface area contributed by atoms with E-state index in [9.17, 15) is 0 Å². The van der Waals surface area contributed by atoms with Crippen LogP contribution in [0, 0.1) is 0 Å². The van der Waals surface area contributed by atoms with Crippen molar-refractivity contribution in [3.8, 4) is 0 Å². The topological polar surface area (TPSA) is 45.4 Å². The van der Waals surface area contributed by atoms with Gasteiger partial charge >= 0.3 is 0 Å². The summed E-state index contributed by atoms with van der Waals surface area (Å²) in [5.74, 6) is 0. The third-order valence-corrected chi connectivity index (χ3v) is 5.49. The van der Waals surface area contributed by atoms with Crippen LogP contribution in [0.1, 0.15) is 23.6 Å². The molecule has 1 aliphatic carbocycles. The number of benzene rings is 1. The summed E-state index contributed by atoms with van der Waals surface area (Å²) in [5.41, 5.74) is 9.73. The summed E-state index contributed by atoms with van der Waals surface area (Å²) in [6, 6.07) is 7.01. The van der Waals surface area contributed by atoms with Gasteiger partial charge < -0.3 is 10.6 Å². The van der Waals surface area contributed by atoms with E-state index in [1.54, 1.807) is 11.3 Å². The van der Waals surface area contributed by atoms with E-state index in [1.165, 1.54) is 17.5 Å². The van der Waals surface area contributed by atoms with Gasteiger partial charge in [0.05, 0.1) is 0 Å². The van der Waals surface area contributed by atoms with Crippen LogP contribution < -0.4 is 10.6 Å². The lowest BCUT2D eigenvalue weighted by molar-refractivity contribution is 0.185. The third-order valence-electron chi connectivity index (χ3n) is 4.66. The molecule has 2 heterocycles. The standard InChI is InChI=1S/C16H20N4S/c17-13-2-3-14-12(11-13)1-4-15(14)19-6-8-20(9-7-19)16-18-5-10-21-16/h2-3,5,10-11,15H,1,4,6-9,17H2. The van der Waals surface area contributed by atoms with Crippen LogP contribution in [-0.2, 0) is 6.42 Å². The zero-order chi connectivity index (χ0) is 14.2. The van der Waals surface area contributed by atoms with Gasteiger partial charge in [0.2, 0.25) is 0 Å². The summed E-state index contributed by atoms with van der Waals surface area (Å²) < 4.78 is 0. The van der Waals surface area contributed by atoms with Crippen molar-refractivity contribution in [3.63, 3.8) is 0 Å². The van der Waals surface area contributed by atoms with E-state index in [0.717, 1.165) is 43.4 Å². The molecule has 4 rings (SSSR count). The molecule has 2 aromatic rings. The summed E-state index contributed by atoms with van der Waals surface area (Å²) >= 11 is 1.74. The Balaban J connectivity index is 1.46. The van der Waals surface area contributed by atoms with Crippen molar-refractivity contribution in [2.75, 3.05) is 36.8 Å². The van der Waals surface area contributed by atoms with Crippen LogP contribution in [0.5, 0.6) is 0 Å². The van der Waals surface area contributed by atoms with Crippen LogP contribution in [0.4, 0.5) is 10.8 Å². The van der Waals surface area contributed by atoms with Crippen LogP contribution in [0.2, 0.25) is 0 Å². The van der Waals surface area contributed by atoms with Crippen LogP contribution in [0.25, 0.3) is 0 Å². The van der Waals surface area contributed by atoms with Crippen molar-refractivity contribution in [3.05, 3.63) is 40.9 Å². The van der Waals surface area contributed by atoms with Gasteiger partial charge in [-0.3, -0.25) is 4.90 Å². The number of anilines is 2. The Hall–Kier alpha value is -1.59. The molecule has 0 radical (unpaired) electrons. The largest absolute Gasteiger partial charge is 0.399 e. The molecule has 5 heteroatoms. The van der Waals surface area contributed by atoms with E-state index in [-0.39, 0.29) is 0 Å². The highest BCUT2D eigenvalue weighted by Crippen LogP contribution is 2.37. The number of nitrogens with zero attached hydrogens (tertiary/aromatic N) is 3. The second-order valence-corrected chi connectivity index (χ2v) is 6.72. The average molecular weight is 300 g/mol. The fourth-order valence-corrected chi connectivity index (χ4v) is 4.29. The van der Waals surface area contributed by atoms with E-state index in [1.807, 2.05) is 12.3 Å². The fourth-order valence-electron chi connectivity index (χ4n) is 3.59. The Kier molecular flexibility index (Phi) is 3.31. The Morgan fingerprint density at radius 1 is 1.19 bits per heavy atom. The lowest BCUT2D eigenvalue weighted by Gasteiger charge is -2.38. The molecule has 2 aliphatic rings. The van der Waals surface area contributed by atoms with E-state index in [2.05, 4.69) is 32.3 Å². The van der Waals surface area contributed by atoms with E-state index in [0.29, 0.717) is 6.04 Å². The van der Waals surface area contributed by atoms with Crippen LogP contribution in [-0.4, -0.2) is 36.1 Å². The zero-order valence-corrected chi connectivity index (χ0v) is 12.9. The van der Waals surface area contributed by atoms with Gasteiger partial charge in [0, 0.05) is 49.5 Å². The lowest BCUT2D eigenvalue weighted by Crippen LogP contribution is -2.47. The highest BCUT2D eigenvalue weighted by Gasteiger charge is 2.30. The van der Waals surface area contributed by atoms with Crippen molar-refractivity contribution in [1.82, 2.24) is 9.88 Å². The zero-order valence-electron chi connectivity index (χ0n) is 12.0. The quantitative estimate of drug-likeness (QED) is 0.866. The van der Waals surface area contributed by atoms with E-state index in [4.69, 9.17) is 5.73 Å². The van der Waals surface area contributed by atoms with Gasteiger partial charge in [-0.15, -0.1) is 11.3 Å². The summed E-state index contributed by atoms with van der Waals surface area (Å²) in [5, 5.41) is 3.22. The summed E-state index contributed by atoms with van der Waals surface area (Å²) in [4.78, 5) is 9.45. The monoisotopic (exact) mass is 300 g/mol. The highest BCUT2D eigenvalue weighted by molar-refractivity contribution is 7.13. The first kappa shape index (κ1) is 13.1. The number of fused-ring (bicyclic) bond motifs is 1. The maximum absolute atomic E-state index is 5.90.